The van der Waals surface area contributed by atoms with Crippen molar-refractivity contribution in [3.8, 4) is 0 Å². The molecular weight excluding hydrogens is 1040 g/mol. The van der Waals surface area contributed by atoms with Gasteiger partial charge in [-0.1, -0.05) is 378 Å². The van der Waals surface area contributed by atoms with E-state index < -0.39 is 49.5 Å². The molecule has 0 radical (unpaired) electrons. The fourth-order valence-electron chi connectivity index (χ4n) is 12.4. The van der Waals surface area contributed by atoms with Gasteiger partial charge in [0.2, 0.25) is 5.91 Å². The van der Waals surface area contributed by atoms with Gasteiger partial charge in [-0.25, -0.2) is 0 Å². The van der Waals surface area contributed by atoms with Crippen LogP contribution in [0.1, 0.15) is 393 Å². The Morgan fingerprint density at radius 3 is 1.00 bits per heavy atom. The van der Waals surface area contributed by atoms with Gasteiger partial charge in [-0.05, 0) is 32.1 Å². The molecule has 1 aliphatic heterocycles. The van der Waals surface area contributed by atoms with Crippen LogP contribution in [0.4, 0.5) is 0 Å². The lowest BCUT2D eigenvalue weighted by Gasteiger charge is -2.40. The maximum absolute atomic E-state index is 13.1. The molecule has 0 aromatic rings. The molecule has 0 spiro atoms. The molecule has 9 nitrogen and oxygen atoms in total. The van der Waals surface area contributed by atoms with Crippen LogP contribution in [0.15, 0.2) is 24.3 Å². The van der Waals surface area contributed by atoms with Gasteiger partial charge in [-0.3, -0.25) is 4.79 Å². The van der Waals surface area contributed by atoms with Gasteiger partial charge in [-0.15, -0.1) is 0 Å². The molecule has 0 bridgehead atoms. The Labute approximate surface area is 521 Å². The molecule has 0 aliphatic carbocycles. The third-order valence-electron chi connectivity index (χ3n) is 18.3. The lowest BCUT2D eigenvalue weighted by atomic mass is 9.99. The second-order valence-corrected chi connectivity index (χ2v) is 26.4. The topological polar surface area (TPSA) is 149 Å². The highest BCUT2D eigenvalue weighted by Crippen LogP contribution is 2.24. The predicted octanol–water partition coefficient (Wildman–Crippen LogP) is 20.8. The minimum absolute atomic E-state index is 0.177. The number of hydrogen-bond acceptors (Lipinski definition) is 8. The number of amides is 1. The molecule has 9 heteroatoms. The summed E-state index contributed by atoms with van der Waals surface area (Å²) >= 11 is 0. The van der Waals surface area contributed by atoms with E-state index in [2.05, 4.69) is 31.3 Å². The minimum Gasteiger partial charge on any atom is -0.394 e. The normalized spacial score (nSPS) is 18.2. The quantitative estimate of drug-likeness (QED) is 0.0261. The SMILES string of the molecule is CCCCCCCCCCCCCCCCCCCCCCC/C=C/CC/C=C/C(O)C(COC1OC(CO)C(O)C(O)C1O)NC(=O)CCCCCCCCCCCCCCCCCCCCCCCCCCCCCCCCCCCC. The highest BCUT2D eigenvalue weighted by Gasteiger charge is 2.44. The van der Waals surface area contributed by atoms with Crippen LogP contribution in [0.3, 0.4) is 0 Å². The second-order valence-electron chi connectivity index (χ2n) is 26.4. The number of carbonyl (C=O) groups is 1. The number of unbranched alkanes of at least 4 members (excludes halogenated alkanes) is 55. The number of aliphatic hydroxyl groups is 5. The van der Waals surface area contributed by atoms with Gasteiger partial charge in [0.1, 0.15) is 24.4 Å². The van der Waals surface area contributed by atoms with Crippen molar-refractivity contribution in [2.75, 3.05) is 13.2 Å². The molecule has 1 amide bonds. The van der Waals surface area contributed by atoms with Gasteiger partial charge in [0.25, 0.3) is 0 Å². The van der Waals surface area contributed by atoms with Gasteiger partial charge >= 0.3 is 0 Å². The van der Waals surface area contributed by atoms with Gasteiger partial charge in [0.15, 0.2) is 6.29 Å². The van der Waals surface area contributed by atoms with Gasteiger partial charge in [-0.2, -0.15) is 0 Å². The van der Waals surface area contributed by atoms with Gasteiger partial charge < -0.3 is 40.3 Å². The summed E-state index contributed by atoms with van der Waals surface area (Å²) < 4.78 is 11.3. The monoisotopic (exact) mass is 1190 g/mol. The zero-order chi connectivity index (χ0) is 60.7. The summed E-state index contributed by atoms with van der Waals surface area (Å²) in [7, 11) is 0. The number of carbonyl (C=O) groups excluding carboxylic acids is 1. The number of hydrogen-bond donors (Lipinski definition) is 6. The van der Waals surface area contributed by atoms with Crippen LogP contribution in [0.2, 0.25) is 0 Å². The van der Waals surface area contributed by atoms with Crippen molar-refractivity contribution >= 4 is 5.91 Å². The van der Waals surface area contributed by atoms with Crippen molar-refractivity contribution < 1.29 is 39.8 Å². The first-order valence-electron chi connectivity index (χ1n) is 37.6. The van der Waals surface area contributed by atoms with E-state index >= 15 is 0 Å². The van der Waals surface area contributed by atoms with E-state index in [-0.39, 0.29) is 12.5 Å². The maximum Gasteiger partial charge on any atom is 0.220 e. The summed E-state index contributed by atoms with van der Waals surface area (Å²) in [6, 6.07) is -0.821. The van der Waals surface area contributed by atoms with Crippen molar-refractivity contribution in [3.63, 3.8) is 0 Å². The molecule has 498 valence electrons. The van der Waals surface area contributed by atoms with E-state index in [0.29, 0.717) is 6.42 Å². The Balaban J connectivity index is 2.09. The van der Waals surface area contributed by atoms with E-state index in [1.807, 2.05) is 6.08 Å². The first kappa shape index (κ1) is 80.7. The van der Waals surface area contributed by atoms with Crippen LogP contribution in [-0.4, -0.2) is 87.5 Å². The average Bonchev–Trinajstić information content (AvgIpc) is 3.70. The van der Waals surface area contributed by atoms with Crippen LogP contribution in [-0.2, 0) is 14.3 Å². The molecule has 1 fully saturated rings. The van der Waals surface area contributed by atoms with Crippen LogP contribution < -0.4 is 5.32 Å². The minimum atomic E-state index is -1.57. The second kappa shape index (κ2) is 64.6. The molecule has 1 heterocycles. The van der Waals surface area contributed by atoms with Gasteiger partial charge in [0, 0.05) is 6.42 Å². The Morgan fingerprint density at radius 1 is 0.393 bits per heavy atom. The molecule has 6 N–H and O–H groups in total. The summed E-state index contributed by atoms with van der Waals surface area (Å²) in [5.74, 6) is -0.177. The fraction of sp³-hybridized carbons (Fsp3) is 0.933. The Bertz CT molecular complexity index is 1380. The van der Waals surface area contributed by atoms with Gasteiger partial charge in [0.05, 0.1) is 25.4 Å². The van der Waals surface area contributed by atoms with E-state index in [0.717, 1.165) is 38.5 Å². The van der Waals surface area contributed by atoms with Crippen LogP contribution >= 0.6 is 0 Å². The predicted molar refractivity (Wildman–Crippen MR) is 360 cm³/mol. The summed E-state index contributed by atoms with van der Waals surface area (Å²) in [5.41, 5.74) is 0. The number of aliphatic hydroxyl groups excluding tert-OH is 5. The highest BCUT2D eigenvalue weighted by molar-refractivity contribution is 5.76. The molecule has 0 aromatic carbocycles. The molecule has 84 heavy (non-hydrogen) atoms. The van der Waals surface area contributed by atoms with E-state index in [9.17, 15) is 30.3 Å². The molecule has 0 saturated carbocycles. The zero-order valence-electron chi connectivity index (χ0n) is 55.9. The summed E-state index contributed by atoms with van der Waals surface area (Å²) in [6.07, 6.45) is 78.9. The number of allylic oxidation sites excluding steroid dienone is 3. The molecule has 0 aromatic heterocycles. The van der Waals surface area contributed by atoms with Crippen molar-refractivity contribution in [2.24, 2.45) is 0 Å². The summed E-state index contributed by atoms with van der Waals surface area (Å²) in [5, 5.41) is 54.8. The standard InChI is InChI=1S/C75H145NO8/c1-3-5-7-9-11-13-15-17-19-21-23-25-27-29-31-32-33-34-35-36-37-39-41-43-45-47-49-51-53-55-57-59-61-63-65-71(79)76-68(67-83-75-74(82)73(81)72(80)70(66-77)84-75)69(78)64-62-60-58-56-54-52-50-48-46-44-42-40-38-30-28-26-24-22-20-18-16-14-12-10-8-6-4-2/h54,56,62,64,68-70,72-75,77-78,80-82H,3-53,55,57-61,63,65-67H2,1-2H3,(H,76,79)/b56-54+,64-62+. The number of nitrogens with one attached hydrogen (secondary N) is 1. The van der Waals surface area contributed by atoms with E-state index in [1.54, 1.807) is 6.08 Å². The van der Waals surface area contributed by atoms with E-state index in [4.69, 9.17) is 9.47 Å². The van der Waals surface area contributed by atoms with Crippen LogP contribution in [0.5, 0.6) is 0 Å². The zero-order valence-corrected chi connectivity index (χ0v) is 55.9. The van der Waals surface area contributed by atoms with Crippen LogP contribution in [0, 0.1) is 0 Å². The van der Waals surface area contributed by atoms with E-state index in [1.165, 1.54) is 334 Å². The Kier molecular flexibility index (Phi) is 62.1. The molecule has 1 saturated heterocycles. The van der Waals surface area contributed by atoms with Crippen molar-refractivity contribution in [3.05, 3.63) is 24.3 Å². The lowest BCUT2D eigenvalue weighted by molar-refractivity contribution is -0.302. The first-order chi connectivity index (χ1) is 41.3. The van der Waals surface area contributed by atoms with Crippen molar-refractivity contribution in [2.45, 2.75) is 436 Å². The average molecular weight is 1190 g/mol. The van der Waals surface area contributed by atoms with Crippen LogP contribution in [0.25, 0.3) is 0 Å². The molecule has 1 rings (SSSR count). The third-order valence-corrected chi connectivity index (χ3v) is 18.3. The Morgan fingerprint density at radius 2 is 0.679 bits per heavy atom. The van der Waals surface area contributed by atoms with Crippen molar-refractivity contribution in [1.29, 1.82) is 0 Å². The Hall–Kier alpha value is -1.33. The largest absolute Gasteiger partial charge is 0.394 e. The van der Waals surface area contributed by atoms with Crippen molar-refractivity contribution in [1.82, 2.24) is 5.32 Å². The molecule has 1 aliphatic rings. The number of ether oxygens (including phenoxy) is 2. The lowest BCUT2D eigenvalue weighted by Crippen LogP contribution is -2.60. The molecule has 7 unspecified atom stereocenters. The third kappa shape index (κ3) is 52.6. The summed E-state index contributed by atoms with van der Waals surface area (Å²) in [6.45, 7) is 3.83. The maximum atomic E-state index is 13.1. The molecular formula is C75H145NO8. The smallest absolute Gasteiger partial charge is 0.220 e. The molecule has 7 atom stereocenters. The first-order valence-corrected chi connectivity index (χ1v) is 37.6. The highest BCUT2D eigenvalue weighted by atomic mass is 16.7. The fourth-order valence-corrected chi connectivity index (χ4v) is 12.4. The number of rotatable bonds is 67. The summed E-state index contributed by atoms with van der Waals surface area (Å²) in [4.78, 5) is 13.1.